The zero-order chi connectivity index (χ0) is 11.8. The van der Waals surface area contributed by atoms with Crippen LogP contribution < -0.4 is 5.73 Å². The van der Waals surface area contributed by atoms with Crippen molar-refractivity contribution in [3.63, 3.8) is 0 Å². The van der Waals surface area contributed by atoms with E-state index in [4.69, 9.17) is 5.73 Å². The lowest BCUT2D eigenvalue weighted by Gasteiger charge is -2.35. The molecule has 1 aliphatic heterocycles. The van der Waals surface area contributed by atoms with E-state index in [-0.39, 0.29) is 0 Å². The second-order valence-corrected chi connectivity index (χ2v) is 6.42. The monoisotopic (exact) mass is 225 g/mol. The van der Waals surface area contributed by atoms with Crippen molar-refractivity contribution in [2.24, 2.45) is 17.1 Å². The molecule has 0 aromatic carbocycles. The van der Waals surface area contributed by atoms with E-state index in [1.54, 1.807) is 0 Å². The number of nitrogens with zero attached hydrogens (tertiary/aromatic N) is 2. The number of rotatable bonds is 2. The molecule has 94 valence electrons. The number of hydrogen-bond donors (Lipinski definition) is 1. The molecule has 0 amide bonds. The highest BCUT2D eigenvalue weighted by molar-refractivity contribution is 4.95. The molecule has 2 atom stereocenters. The molecule has 0 aromatic rings. The van der Waals surface area contributed by atoms with Crippen molar-refractivity contribution in [3.05, 3.63) is 0 Å². The van der Waals surface area contributed by atoms with Crippen LogP contribution >= 0.6 is 0 Å². The van der Waals surface area contributed by atoms with Gasteiger partial charge in [-0.2, -0.15) is 0 Å². The lowest BCUT2D eigenvalue weighted by molar-refractivity contribution is 0.128. The van der Waals surface area contributed by atoms with Crippen LogP contribution in [0.1, 0.15) is 26.7 Å². The van der Waals surface area contributed by atoms with E-state index in [0.29, 0.717) is 11.5 Å². The molecule has 2 N–H and O–H groups in total. The third kappa shape index (κ3) is 2.58. The molecular weight excluding hydrogens is 198 g/mol. The largest absolute Gasteiger partial charge is 0.327 e. The molecule has 2 fully saturated rings. The molecule has 16 heavy (non-hydrogen) atoms. The van der Waals surface area contributed by atoms with Gasteiger partial charge in [-0.3, -0.25) is 0 Å². The summed E-state index contributed by atoms with van der Waals surface area (Å²) in [6.07, 6.45) is 2.62. The first-order valence-corrected chi connectivity index (χ1v) is 6.65. The molecule has 0 bridgehead atoms. The van der Waals surface area contributed by atoms with E-state index in [9.17, 15) is 0 Å². The average molecular weight is 225 g/mol. The molecule has 1 saturated heterocycles. The van der Waals surface area contributed by atoms with Crippen molar-refractivity contribution in [1.29, 1.82) is 0 Å². The minimum Gasteiger partial charge on any atom is -0.327 e. The van der Waals surface area contributed by atoms with Crippen LogP contribution in [0.15, 0.2) is 0 Å². The van der Waals surface area contributed by atoms with Gasteiger partial charge >= 0.3 is 0 Å². The smallest absolute Gasteiger partial charge is 0.0131 e. The lowest BCUT2D eigenvalue weighted by Crippen LogP contribution is -2.48. The predicted octanol–water partition coefficient (Wildman–Crippen LogP) is 0.997. The Morgan fingerprint density at radius 2 is 1.81 bits per heavy atom. The second-order valence-electron chi connectivity index (χ2n) is 6.42. The van der Waals surface area contributed by atoms with Crippen molar-refractivity contribution in [3.8, 4) is 0 Å². The van der Waals surface area contributed by atoms with Gasteiger partial charge in [0.1, 0.15) is 0 Å². The zero-order valence-corrected chi connectivity index (χ0v) is 11.1. The Labute approximate surface area is 100.0 Å². The van der Waals surface area contributed by atoms with Crippen LogP contribution in [0.2, 0.25) is 0 Å². The van der Waals surface area contributed by atoms with Crippen LogP contribution in [-0.4, -0.2) is 55.6 Å². The summed E-state index contributed by atoms with van der Waals surface area (Å²) in [5, 5.41) is 0. The summed E-state index contributed by atoms with van der Waals surface area (Å²) in [4.78, 5) is 5.01. The molecule has 0 spiro atoms. The van der Waals surface area contributed by atoms with Gasteiger partial charge in [-0.15, -0.1) is 0 Å². The number of piperazine rings is 1. The quantitative estimate of drug-likeness (QED) is 0.761. The fourth-order valence-electron chi connectivity index (χ4n) is 3.11. The van der Waals surface area contributed by atoms with Crippen LogP contribution in [0.4, 0.5) is 0 Å². The highest BCUT2D eigenvalue weighted by Crippen LogP contribution is 2.40. The Morgan fingerprint density at radius 1 is 1.19 bits per heavy atom. The lowest BCUT2D eigenvalue weighted by atomic mass is 9.85. The first-order chi connectivity index (χ1) is 7.49. The van der Waals surface area contributed by atoms with Crippen LogP contribution in [-0.2, 0) is 0 Å². The first kappa shape index (κ1) is 12.3. The van der Waals surface area contributed by atoms with Gasteiger partial charge in [0.15, 0.2) is 0 Å². The Bertz CT molecular complexity index is 231. The molecule has 1 heterocycles. The SMILES string of the molecule is CN1CCN(CC2CCC(C)(C)C2N)CC1. The Hall–Kier alpha value is -0.120. The molecule has 2 unspecified atom stereocenters. The van der Waals surface area contributed by atoms with Gasteiger partial charge in [-0.25, -0.2) is 0 Å². The van der Waals surface area contributed by atoms with Crippen molar-refractivity contribution >= 4 is 0 Å². The molecule has 1 saturated carbocycles. The van der Waals surface area contributed by atoms with Gasteiger partial charge in [0, 0.05) is 38.8 Å². The first-order valence-electron chi connectivity index (χ1n) is 6.65. The predicted molar refractivity (Wildman–Crippen MR) is 68.4 cm³/mol. The van der Waals surface area contributed by atoms with Gasteiger partial charge < -0.3 is 15.5 Å². The van der Waals surface area contributed by atoms with Crippen LogP contribution in [0, 0.1) is 11.3 Å². The Kier molecular flexibility index (Phi) is 3.57. The van der Waals surface area contributed by atoms with Crippen molar-refractivity contribution in [2.45, 2.75) is 32.7 Å². The normalized spacial score (nSPS) is 36.8. The molecule has 3 heteroatoms. The Morgan fingerprint density at radius 3 is 2.31 bits per heavy atom. The zero-order valence-electron chi connectivity index (χ0n) is 11.1. The van der Waals surface area contributed by atoms with E-state index in [2.05, 4.69) is 30.7 Å². The molecule has 2 rings (SSSR count). The van der Waals surface area contributed by atoms with Gasteiger partial charge in [0.25, 0.3) is 0 Å². The standard InChI is InChI=1S/C13H27N3/c1-13(2)5-4-11(12(13)14)10-16-8-6-15(3)7-9-16/h11-12H,4-10,14H2,1-3H3. The summed E-state index contributed by atoms with van der Waals surface area (Å²) in [7, 11) is 2.21. The summed E-state index contributed by atoms with van der Waals surface area (Å²) in [6.45, 7) is 10.7. The highest BCUT2D eigenvalue weighted by Gasteiger charge is 2.39. The highest BCUT2D eigenvalue weighted by atomic mass is 15.2. The summed E-state index contributed by atoms with van der Waals surface area (Å²) >= 11 is 0. The van der Waals surface area contributed by atoms with Gasteiger partial charge in [-0.1, -0.05) is 13.8 Å². The molecule has 3 nitrogen and oxygen atoms in total. The molecule has 1 aliphatic carbocycles. The van der Waals surface area contributed by atoms with E-state index in [1.165, 1.54) is 45.6 Å². The fraction of sp³-hybridized carbons (Fsp3) is 1.00. The Balaban J connectivity index is 1.82. The summed E-state index contributed by atoms with van der Waals surface area (Å²) < 4.78 is 0. The van der Waals surface area contributed by atoms with Crippen molar-refractivity contribution < 1.29 is 0 Å². The van der Waals surface area contributed by atoms with Gasteiger partial charge in [0.05, 0.1) is 0 Å². The summed E-state index contributed by atoms with van der Waals surface area (Å²) in [6, 6.07) is 0.396. The minimum atomic E-state index is 0.358. The summed E-state index contributed by atoms with van der Waals surface area (Å²) in [5.41, 5.74) is 6.72. The molecule has 0 radical (unpaired) electrons. The third-order valence-electron chi connectivity index (χ3n) is 4.66. The van der Waals surface area contributed by atoms with Crippen LogP contribution in [0.3, 0.4) is 0 Å². The van der Waals surface area contributed by atoms with Crippen molar-refractivity contribution in [1.82, 2.24) is 9.80 Å². The van der Waals surface area contributed by atoms with E-state index in [1.807, 2.05) is 0 Å². The van der Waals surface area contributed by atoms with Crippen LogP contribution in [0.5, 0.6) is 0 Å². The van der Waals surface area contributed by atoms with Crippen molar-refractivity contribution in [2.75, 3.05) is 39.8 Å². The van der Waals surface area contributed by atoms with Crippen LogP contribution in [0.25, 0.3) is 0 Å². The maximum absolute atomic E-state index is 6.36. The van der Waals surface area contributed by atoms with E-state index in [0.717, 1.165) is 5.92 Å². The average Bonchev–Trinajstić information content (AvgIpc) is 2.49. The van der Waals surface area contributed by atoms with E-state index >= 15 is 0 Å². The number of likely N-dealkylation sites (N-methyl/N-ethyl adjacent to an activating group) is 1. The van der Waals surface area contributed by atoms with Gasteiger partial charge in [-0.05, 0) is 31.2 Å². The second kappa shape index (κ2) is 4.63. The summed E-state index contributed by atoms with van der Waals surface area (Å²) in [5.74, 6) is 0.721. The molecular formula is C13H27N3. The molecule has 0 aromatic heterocycles. The maximum atomic E-state index is 6.36. The third-order valence-corrected chi connectivity index (χ3v) is 4.66. The fourth-order valence-corrected chi connectivity index (χ4v) is 3.11. The molecule has 2 aliphatic rings. The number of nitrogens with two attached hydrogens (primary N) is 1. The number of hydrogen-bond acceptors (Lipinski definition) is 3. The van der Waals surface area contributed by atoms with E-state index < -0.39 is 0 Å². The maximum Gasteiger partial charge on any atom is 0.0131 e. The van der Waals surface area contributed by atoms with Gasteiger partial charge in [0.2, 0.25) is 0 Å². The topological polar surface area (TPSA) is 32.5 Å². The minimum absolute atomic E-state index is 0.358.